The van der Waals surface area contributed by atoms with Crippen LogP contribution in [0.2, 0.25) is 0 Å². The van der Waals surface area contributed by atoms with E-state index in [2.05, 4.69) is 29.4 Å². The van der Waals surface area contributed by atoms with Gasteiger partial charge in [0.2, 0.25) is 0 Å². The SMILES string of the molecule is COc1cc(C=C2SC(=Nc3ccccc3)NC2=O)ccc1OCc1ccc(C)cc1. The molecule has 1 saturated heterocycles. The molecular weight excluding hydrogens is 408 g/mol. The summed E-state index contributed by atoms with van der Waals surface area (Å²) < 4.78 is 11.4. The molecule has 0 atom stereocenters. The van der Waals surface area contributed by atoms with Crippen LogP contribution < -0.4 is 14.8 Å². The Balaban J connectivity index is 1.48. The zero-order valence-electron chi connectivity index (χ0n) is 17.3. The van der Waals surface area contributed by atoms with Gasteiger partial charge in [0.05, 0.1) is 17.7 Å². The summed E-state index contributed by atoms with van der Waals surface area (Å²) in [5.41, 5.74) is 3.94. The highest BCUT2D eigenvalue weighted by Gasteiger charge is 2.24. The van der Waals surface area contributed by atoms with Gasteiger partial charge in [0.1, 0.15) is 6.61 Å². The Morgan fingerprint density at radius 2 is 1.77 bits per heavy atom. The molecule has 0 bridgehead atoms. The number of nitrogens with one attached hydrogen (secondary N) is 1. The number of para-hydroxylation sites is 1. The maximum atomic E-state index is 12.3. The number of methoxy groups -OCH3 is 1. The number of carbonyl (C=O) groups excluding carboxylic acids is 1. The molecule has 3 aromatic carbocycles. The third kappa shape index (κ3) is 5.35. The van der Waals surface area contributed by atoms with Gasteiger partial charge in [0.25, 0.3) is 5.91 Å². The van der Waals surface area contributed by atoms with Gasteiger partial charge in [-0.25, -0.2) is 4.99 Å². The van der Waals surface area contributed by atoms with Gasteiger partial charge in [-0.05, 0) is 60.2 Å². The summed E-state index contributed by atoms with van der Waals surface area (Å²) in [6.07, 6.45) is 1.82. The predicted molar refractivity (Wildman–Crippen MR) is 126 cm³/mol. The number of aryl methyl sites for hydroxylation is 1. The number of hydrogen-bond donors (Lipinski definition) is 1. The molecule has 4 rings (SSSR count). The number of nitrogens with zero attached hydrogens (tertiary/aromatic N) is 1. The molecule has 1 heterocycles. The molecular formula is C25H22N2O3S. The molecule has 156 valence electrons. The van der Waals surface area contributed by atoms with Crippen LogP contribution in [0.5, 0.6) is 11.5 Å². The van der Waals surface area contributed by atoms with Gasteiger partial charge in [-0.15, -0.1) is 0 Å². The summed E-state index contributed by atoms with van der Waals surface area (Å²) >= 11 is 1.31. The first-order valence-electron chi connectivity index (χ1n) is 9.82. The predicted octanol–water partition coefficient (Wildman–Crippen LogP) is 5.47. The number of aliphatic imine (C=N–C) groups is 1. The summed E-state index contributed by atoms with van der Waals surface area (Å²) in [6.45, 7) is 2.51. The van der Waals surface area contributed by atoms with Gasteiger partial charge in [-0.2, -0.15) is 0 Å². The molecule has 0 saturated carbocycles. The average Bonchev–Trinajstić information content (AvgIpc) is 3.13. The van der Waals surface area contributed by atoms with Gasteiger partial charge in [0, 0.05) is 0 Å². The summed E-state index contributed by atoms with van der Waals surface area (Å²) in [5.74, 6) is 1.10. The minimum absolute atomic E-state index is 0.168. The van der Waals surface area contributed by atoms with Crippen molar-refractivity contribution in [1.29, 1.82) is 0 Å². The fraction of sp³-hybridized carbons (Fsp3) is 0.120. The first-order chi connectivity index (χ1) is 15.1. The van der Waals surface area contributed by atoms with Gasteiger partial charge in [-0.1, -0.05) is 54.1 Å². The standard InChI is InChI=1S/C25H22N2O3S/c1-17-8-10-18(11-9-17)16-30-21-13-12-19(14-22(21)29-2)15-23-24(28)27-25(31-23)26-20-6-4-3-5-7-20/h3-15H,16H2,1-2H3,(H,26,27,28). The largest absolute Gasteiger partial charge is 0.493 e. The van der Waals surface area contributed by atoms with E-state index in [4.69, 9.17) is 9.47 Å². The van der Waals surface area contributed by atoms with Gasteiger partial charge in [-0.3, -0.25) is 4.79 Å². The first kappa shape index (κ1) is 20.8. The third-order valence-electron chi connectivity index (χ3n) is 4.64. The molecule has 0 aliphatic carbocycles. The first-order valence-corrected chi connectivity index (χ1v) is 10.6. The smallest absolute Gasteiger partial charge is 0.264 e. The highest BCUT2D eigenvalue weighted by atomic mass is 32.2. The molecule has 0 radical (unpaired) electrons. The number of amidine groups is 1. The Kier molecular flexibility index (Phi) is 6.38. The molecule has 0 unspecified atom stereocenters. The van der Waals surface area contributed by atoms with Crippen molar-refractivity contribution in [3.8, 4) is 11.5 Å². The lowest BCUT2D eigenvalue weighted by atomic mass is 10.1. The van der Waals surface area contributed by atoms with Crippen molar-refractivity contribution >= 4 is 34.6 Å². The van der Waals surface area contributed by atoms with Crippen LogP contribution in [0.1, 0.15) is 16.7 Å². The minimum atomic E-state index is -0.168. The number of thioether (sulfide) groups is 1. The quantitative estimate of drug-likeness (QED) is 0.527. The van der Waals surface area contributed by atoms with E-state index in [1.165, 1.54) is 17.3 Å². The summed E-state index contributed by atoms with van der Waals surface area (Å²) in [4.78, 5) is 17.4. The lowest BCUT2D eigenvalue weighted by Gasteiger charge is -2.11. The Morgan fingerprint density at radius 1 is 1.00 bits per heavy atom. The second kappa shape index (κ2) is 9.53. The average molecular weight is 431 g/mol. The van der Waals surface area contributed by atoms with E-state index in [1.54, 1.807) is 7.11 Å². The van der Waals surface area contributed by atoms with E-state index in [1.807, 2.05) is 66.7 Å². The molecule has 0 aromatic heterocycles. The van der Waals surface area contributed by atoms with Gasteiger partial charge >= 0.3 is 0 Å². The molecule has 1 aliphatic heterocycles. The fourth-order valence-electron chi connectivity index (χ4n) is 2.99. The number of ether oxygens (including phenoxy) is 2. The van der Waals surface area contributed by atoms with Crippen LogP contribution in [-0.4, -0.2) is 18.2 Å². The van der Waals surface area contributed by atoms with E-state index in [-0.39, 0.29) is 5.91 Å². The molecule has 31 heavy (non-hydrogen) atoms. The molecule has 6 heteroatoms. The number of rotatable bonds is 6. The van der Waals surface area contributed by atoms with Gasteiger partial charge in [0.15, 0.2) is 16.7 Å². The summed E-state index contributed by atoms with van der Waals surface area (Å²) in [7, 11) is 1.60. The van der Waals surface area contributed by atoms with E-state index >= 15 is 0 Å². The van der Waals surface area contributed by atoms with Crippen LogP contribution in [0.25, 0.3) is 6.08 Å². The maximum absolute atomic E-state index is 12.3. The van der Waals surface area contributed by atoms with Crippen molar-refractivity contribution in [2.45, 2.75) is 13.5 Å². The van der Waals surface area contributed by atoms with Crippen molar-refractivity contribution in [3.63, 3.8) is 0 Å². The normalized spacial score (nSPS) is 15.9. The molecule has 1 aliphatic rings. The third-order valence-corrected chi connectivity index (χ3v) is 5.55. The molecule has 1 N–H and O–H groups in total. The molecule has 0 spiro atoms. The van der Waals surface area contributed by atoms with Crippen LogP contribution in [0.3, 0.4) is 0 Å². The minimum Gasteiger partial charge on any atom is -0.493 e. The summed E-state index contributed by atoms with van der Waals surface area (Å²) in [5, 5.41) is 3.37. The fourth-order valence-corrected chi connectivity index (χ4v) is 3.83. The van der Waals surface area contributed by atoms with E-state index in [0.29, 0.717) is 28.2 Å². The van der Waals surface area contributed by atoms with E-state index < -0.39 is 0 Å². The van der Waals surface area contributed by atoms with Crippen molar-refractivity contribution < 1.29 is 14.3 Å². The van der Waals surface area contributed by atoms with Crippen molar-refractivity contribution in [2.75, 3.05) is 7.11 Å². The zero-order chi connectivity index (χ0) is 21.6. The van der Waals surface area contributed by atoms with Crippen molar-refractivity contribution in [1.82, 2.24) is 5.32 Å². The number of amides is 1. The van der Waals surface area contributed by atoms with Crippen LogP contribution in [-0.2, 0) is 11.4 Å². The monoisotopic (exact) mass is 430 g/mol. The lowest BCUT2D eigenvalue weighted by molar-refractivity contribution is -0.115. The van der Waals surface area contributed by atoms with Gasteiger partial charge < -0.3 is 14.8 Å². The highest BCUT2D eigenvalue weighted by Crippen LogP contribution is 2.32. The molecule has 5 nitrogen and oxygen atoms in total. The topological polar surface area (TPSA) is 59.9 Å². The second-order valence-corrected chi connectivity index (χ2v) is 8.03. The molecule has 1 amide bonds. The highest BCUT2D eigenvalue weighted by molar-refractivity contribution is 8.18. The Labute approximate surface area is 185 Å². The second-order valence-electron chi connectivity index (χ2n) is 7.00. The number of benzene rings is 3. The molecule has 1 fully saturated rings. The van der Waals surface area contributed by atoms with Crippen molar-refractivity contribution in [2.24, 2.45) is 4.99 Å². The van der Waals surface area contributed by atoms with Crippen molar-refractivity contribution in [3.05, 3.63) is 94.4 Å². The lowest BCUT2D eigenvalue weighted by Crippen LogP contribution is -2.19. The zero-order valence-corrected chi connectivity index (χ0v) is 18.1. The van der Waals surface area contributed by atoms with Crippen LogP contribution in [0.4, 0.5) is 5.69 Å². The number of carbonyl (C=O) groups is 1. The summed E-state index contributed by atoms with van der Waals surface area (Å²) in [6, 6.07) is 23.4. The Bertz CT molecular complexity index is 1140. The van der Waals surface area contributed by atoms with Crippen LogP contribution >= 0.6 is 11.8 Å². The Hall–Kier alpha value is -3.51. The van der Waals surface area contributed by atoms with E-state index in [0.717, 1.165) is 16.8 Å². The Morgan fingerprint density at radius 3 is 2.52 bits per heavy atom. The van der Waals surface area contributed by atoms with E-state index in [9.17, 15) is 4.79 Å². The molecule has 3 aromatic rings. The van der Waals surface area contributed by atoms with Crippen LogP contribution in [0.15, 0.2) is 82.7 Å². The maximum Gasteiger partial charge on any atom is 0.264 e. The van der Waals surface area contributed by atoms with Crippen LogP contribution in [0, 0.1) is 6.92 Å². The number of hydrogen-bond acceptors (Lipinski definition) is 5.